The molecule has 2 aromatic carbocycles. The Balaban J connectivity index is 1.06. The van der Waals surface area contributed by atoms with Gasteiger partial charge >= 0.3 is 5.97 Å². The number of fused-ring (bicyclic) bond motifs is 2. The number of benzene rings is 2. The second-order valence-corrected chi connectivity index (χ2v) is 12.1. The first-order valence-electron chi connectivity index (χ1n) is 14.5. The first-order chi connectivity index (χ1) is 20.8. The van der Waals surface area contributed by atoms with Crippen molar-refractivity contribution in [2.45, 2.75) is 45.1 Å². The Hall–Kier alpha value is -3.73. The molecule has 1 unspecified atom stereocenters. The first kappa shape index (κ1) is 28.1. The molecule has 0 spiro atoms. The van der Waals surface area contributed by atoms with Crippen LogP contribution in [0, 0.1) is 24.6 Å². The number of nitrogens with zero attached hydrogens (tertiary/aromatic N) is 4. The average molecular weight is 607 g/mol. The van der Waals surface area contributed by atoms with Gasteiger partial charge in [-0.05, 0) is 55.0 Å². The monoisotopic (exact) mass is 606 g/mol. The third kappa shape index (κ3) is 5.32. The van der Waals surface area contributed by atoms with Crippen LogP contribution in [0.5, 0.6) is 11.6 Å². The maximum Gasteiger partial charge on any atom is 0.335 e. The quantitative estimate of drug-likeness (QED) is 0.254. The molecule has 4 atom stereocenters. The number of methoxy groups -OCH3 is 1. The van der Waals surface area contributed by atoms with Gasteiger partial charge in [-0.25, -0.2) is 19.2 Å². The lowest BCUT2D eigenvalue weighted by Gasteiger charge is -2.28. The summed E-state index contributed by atoms with van der Waals surface area (Å²) >= 11 is 5.87. The zero-order valence-corrected chi connectivity index (χ0v) is 24.7. The van der Waals surface area contributed by atoms with Crippen molar-refractivity contribution in [1.29, 1.82) is 0 Å². The van der Waals surface area contributed by atoms with Crippen molar-refractivity contribution in [2.24, 2.45) is 11.8 Å². The highest BCUT2D eigenvalue weighted by atomic mass is 35.5. The second-order valence-electron chi connectivity index (χ2n) is 11.7. The van der Waals surface area contributed by atoms with E-state index in [4.69, 9.17) is 35.8 Å². The number of halogens is 2. The fourth-order valence-electron chi connectivity index (χ4n) is 6.56. The molecule has 11 heteroatoms. The number of aromatic carboxylic acids is 1. The summed E-state index contributed by atoms with van der Waals surface area (Å²) in [7, 11) is 1.54. The zero-order chi connectivity index (χ0) is 29.8. The van der Waals surface area contributed by atoms with Gasteiger partial charge in [0.05, 0.1) is 43.1 Å². The van der Waals surface area contributed by atoms with Crippen molar-refractivity contribution in [2.75, 3.05) is 26.8 Å². The van der Waals surface area contributed by atoms with Crippen LogP contribution >= 0.6 is 11.6 Å². The summed E-state index contributed by atoms with van der Waals surface area (Å²) < 4.78 is 33.4. The Morgan fingerprint density at radius 3 is 2.63 bits per heavy atom. The van der Waals surface area contributed by atoms with Crippen LogP contribution in [0.3, 0.4) is 0 Å². The third-order valence-corrected chi connectivity index (χ3v) is 9.23. The summed E-state index contributed by atoms with van der Waals surface area (Å²) in [5.41, 5.74) is 4.19. The van der Waals surface area contributed by atoms with E-state index >= 15 is 0 Å². The van der Waals surface area contributed by atoms with E-state index in [1.807, 2.05) is 12.1 Å². The van der Waals surface area contributed by atoms with Crippen LogP contribution in [0.4, 0.5) is 4.39 Å². The Kier molecular flexibility index (Phi) is 7.23. The minimum absolute atomic E-state index is 0.0788. The van der Waals surface area contributed by atoms with Gasteiger partial charge < -0.3 is 23.9 Å². The summed E-state index contributed by atoms with van der Waals surface area (Å²) in [5, 5.41) is 10.0. The van der Waals surface area contributed by atoms with E-state index in [1.54, 1.807) is 18.2 Å². The van der Waals surface area contributed by atoms with E-state index in [0.717, 1.165) is 48.7 Å². The number of hydrogen-bond donors (Lipinski definition) is 1. The molecule has 9 nitrogen and oxygen atoms in total. The third-order valence-electron chi connectivity index (χ3n) is 9.00. The molecule has 1 saturated carbocycles. The number of hydrogen-bond acceptors (Lipinski definition) is 7. The van der Waals surface area contributed by atoms with Crippen LogP contribution < -0.4 is 9.47 Å². The van der Waals surface area contributed by atoms with Crippen molar-refractivity contribution < 1.29 is 28.5 Å². The van der Waals surface area contributed by atoms with Crippen LogP contribution in [0.25, 0.3) is 11.0 Å². The number of likely N-dealkylation sites (tertiary alicyclic amines) is 1. The Labute approximate surface area is 253 Å². The molecule has 4 aromatic rings. The molecule has 224 valence electrons. The number of pyridine rings is 1. The molecular formula is C32H32ClFN4O5. The molecule has 0 amide bonds. The predicted octanol–water partition coefficient (Wildman–Crippen LogP) is 5.45. The van der Waals surface area contributed by atoms with Crippen LogP contribution in [0.1, 0.15) is 45.3 Å². The molecule has 1 N–H and O–H groups in total. The van der Waals surface area contributed by atoms with E-state index in [1.165, 1.54) is 19.2 Å². The van der Waals surface area contributed by atoms with E-state index in [-0.39, 0.29) is 18.3 Å². The molecule has 3 aliphatic rings. The van der Waals surface area contributed by atoms with Crippen LogP contribution in [-0.4, -0.2) is 63.4 Å². The highest BCUT2D eigenvalue weighted by Crippen LogP contribution is 2.58. The number of piperidine rings is 1. The average Bonchev–Trinajstić information content (AvgIpc) is 3.27. The normalized spacial score (nSPS) is 22.8. The summed E-state index contributed by atoms with van der Waals surface area (Å²) in [6.07, 6.45) is 1.06. The summed E-state index contributed by atoms with van der Waals surface area (Å²) in [6.45, 7) is 5.99. The Morgan fingerprint density at radius 1 is 1.16 bits per heavy atom. The maximum absolute atomic E-state index is 14.2. The predicted molar refractivity (Wildman–Crippen MR) is 157 cm³/mol. The minimum Gasteiger partial charge on any atom is -0.494 e. The van der Waals surface area contributed by atoms with Gasteiger partial charge in [0.25, 0.3) is 0 Å². The molecule has 2 aromatic heterocycles. The van der Waals surface area contributed by atoms with Crippen molar-refractivity contribution in [3.63, 3.8) is 0 Å². The van der Waals surface area contributed by atoms with Gasteiger partial charge in [0.15, 0.2) is 0 Å². The fourth-order valence-corrected chi connectivity index (χ4v) is 6.72. The second kappa shape index (κ2) is 11.1. The lowest BCUT2D eigenvalue weighted by Crippen LogP contribution is -2.33. The zero-order valence-electron chi connectivity index (χ0n) is 23.9. The Morgan fingerprint density at radius 2 is 1.95 bits per heavy atom. The largest absolute Gasteiger partial charge is 0.494 e. The highest BCUT2D eigenvalue weighted by molar-refractivity contribution is 6.30. The van der Waals surface area contributed by atoms with E-state index < -0.39 is 11.8 Å². The number of carboxylic acid groups (broad SMARTS) is 1. The van der Waals surface area contributed by atoms with Crippen LogP contribution in [0.2, 0.25) is 5.02 Å². The highest BCUT2D eigenvalue weighted by Gasteiger charge is 2.57. The van der Waals surface area contributed by atoms with Gasteiger partial charge in [-0.2, -0.15) is 0 Å². The van der Waals surface area contributed by atoms with Gasteiger partial charge in [0.1, 0.15) is 29.5 Å². The van der Waals surface area contributed by atoms with Crippen LogP contribution in [0.15, 0.2) is 42.5 Å². The van der Waals surface area contributed by atoms with E-state index in [9.17, 15) is 14.3 Å². The van der Waals surface area contributed by atoms with Gasteiger partial charge in [0, 0.05) is 42.3 Å². The summed E-state index contributed by atoms with van der Waals surface area (Å²) in [5.74, 6) is 1.74. The minimum atomic E-state index is -1.00. The molecule has 0 radical (unpaired) electrons. The summed E-state index contributed by atoms with van der Waals surface area (Å²) in [6, 6.07) is 11.6. The number of aryl methyl sites for hydroxylation is 1. The van der Waals surface area contributed by atoms with Gasteiger partial charge in [-0.15, -0.1) is 0 Å². The molecule has 1 aliphatic carbocycles. The lowest BCUT2D eigenvalue weighted by atomic mass is 10.1. The SMILES string of the molecule is COc1cc(C(=O)O)cc2c1nc(CN1C[C@@H]3C(c4nc(OCc5ccc(Cl)cc5F)ccc4C)[C@@H]3C1)n2C[C@@H]1CCO1. The molecular weight excluding hydrogens is 575 g/mol. The molecule has 43 heavy (non-hydrogen) atoms. The summed E-state index contributed by atoms with van der Waals surface area (Å²) in [4.78, 5) is 24.0. The van der Waals surface area contributed by atoms with Crippen molar-refractivity contribution in [3.05, 3.63) is 81.5 Å². The van der Waals surface area contributed by atoms with Crippen molar-refractivity contribution in [1.82, 2.24) is 19.4 Å². The molecule has 2 saturated heterocycles. The number of imidazole rings is 1. The van der Waals surface area contributed by atoms with Crippen LogP contribution in [-0.2, 0) is 24.4 Å². The van der Waals surface area contributed by atoms with Gasteiger partial charge in [-0.1, -0.05) is 23.7 Å². The van der Waals surface area contributed by atoms with E-state index in [0.29, 0.717) is 58.6 Å². The Bertz CT molecular complexity index is 1710. The number of rotatable bonds is 10. The van der Waals surface area contributed by atoms with Gasteiger partial charge in [0.2, 0.25) is 5.88 Å². The lowest BCUT2D eigenvalue weighted by molar-refractivity contribution is -0.0591. The molecule has 7 rings (SSSR count). The molecule has 4 heterocycles. The number of carboxylic acids is 1. The maximum atomic E-state index is 14.2. The first-order valence-corrected chi connectivity index (χ1v) is 14.9. The molecule has 2 aliphatic heterocycles. The number of carbonyl (C=O) groups is 1. The standard InChI is InChI=1S/C32H32ClFN4O5/c1-17-3-6-28(43-16-18-4-5-20(33)11-24(18)34)36-30(17)29-22-13-37(14-23(22)29)15-27-35-31-25(38(27)12-21-7-8-42-21)9-19(32(39)40)10-26(31)41-2/h3-6,9-11,21-23,29H,7-8,12-16H2,1-2H3,(H,39,40)/t21-,22-,23+,29?/m0/s1. The molecule has 0 bridgehead atoms. The molecule has 3 fully saturated rings. The van der Waals surface area contributed by atoms with Crippen molar-refractivity contribution >= 4 is 28.6 Å². The number of ether oxygens (including phenoxy) is 3. The van der Waals surface area contributed by atoms with Gasteiger partial charge in [-0.3, -0.25) is 4.90 Å². The fraction of sp³-hybridized carbons (Fsp3) is 0.406. The van der Waals surface area contributed by atoms with E-state index in [2.05, 4.69) is 16.4 Å². The smallest absolute Gasteiger partial charge is 0.335 e. The number of aromatic nitrogens is 3. The van der Waals surface area contributed by atoms with Crippen molar-refractivity contribution in [3.8, 4) is 11.6 Å². The topological polar surface area (TPSA) is 98.9 Å².